The first-order chi connectivity index (χ1) is 11.2. The number of benzene rings is 2. The minimum Gasteiger partial charge on any atom is -0.496 e. The van der Waals surface area contributed by atoms with Crippen LogP contribution in [0.2, 0.25) is 0 Å². The number of rotatable bonds is 6. The van der Waals surface area contributed by atoms with E-state index in [0.29, 0.717) is 23.6 Å². The molecule has 0 bridgehead atoms. The molecule has 0 aliphatic heterocycles. The maximum atomic E-state index is 12.2. The third-order valence-corrected chi connectivity index (χ3v) is 3.26. The summed E-state index contributed by atoms with van der Waals surface area (Å²) in [7, 11) is 1.53. The molecule has 2 aromatic carbocycles. The molecule has 2 rings (SSSR count). The van der Waals surface area contributed by atoms with E-state index in [9.17, 15) is 4.79 Å². The van der Waals surface area contributed by atoms with Crippen molar-refractivity contribution in [1.29, 1.82) is 0 Å². The average Bonchev–Trinajstić information content (AvgIpc) is 2.60. The van der Waals surface area contributed by atoms with Crippen LogP contribution in [0, 0.1) is 0 Å². The number of nitrogens with one attached hydrogen (secondary N) is 1. The number of carbonyl (C=O) groups excluding carboxylic acids is 1. The minimum absolute atomic E-state index is 0.312. The van der Waals surface area contributed by atoms with Gasteiger partial charge in [0.25, 0.3) is 5.91 Å². The van der Waals surface area contributed by atoms with Crippen LogP contribution in [0.5, 0.6) is 11.5 Å². The summed E-state index contributed by atoms with van der Waals surface area (Å²) in [6, 6.07) is 14.6. The summed E-state index contributed by atoms with van der Waals surface area (Å²) in [4.78, 5) is 12.2. The molecule has 120 valence electrons. The number of para-hydroxylation sites is 1. The predicted molar refractivity (Wildman–Crippen MR) is 90.3 cm³/mol. The number of nitrogens with zero attached hydrogens (tertiary/aromatic N) is 1. The molecule has 0 unspecified atom stereocenters. The van der Waals surface area contributed by atoms with Crippen LogP contribution < -0.4 is 14.9 Å². The Morgan fingerprint density at radius 1 is 1.13 bits per heavy atom. The second-order valence-electron chi connectivity index (χ2n) is 4.80. The molecule has 5 heteroatoms. The lowest BCUT2D eigenvalue weighted by Crippen LogP contribution is -2.20. The molecule has 0 spiro atoms. The van der Waals surface area contributed by atoms with Gasteiger partial charge in [0.15, 0.2) is 0 Å². The summed E-state index contributed by atoms with van der Waals surface area (Å²) in [5.41, 5.74) is 4.61. The highest BCUT2D eigenvalue weighted by Crippen LogP contribution is 2.17. The second kappa shape index (κ2) is 7.98. The summed E-state index contributed by atoms with van der Waals surface area (Å²) in [6.45, 7) is 4.40. The van der Waals surface area contributed by atoms with Gasteiger partial charge < -0.3 is 9.47 Å². The Kier molecular flexibility index (Phi) is 5.74. The molecule has 23 heavy (non-hydrogen) atoms. The van der Waals surface area contributed by atoms with Crippen LogP contribution in [0.15, 0.2) is 53.6 Å². The molecule has 0 atom stereocenters. The zero-order valence-electron chi connectivity index (χ0n) is 13.5. The zero-order chi connectivity index (χ0) is 16.7. The van der Waals surface area contributed by atoms with Gasteiger partial charge in [0.1, 0.15) is 11.5 Å². The van der Waals surface area contributed by atoms with E-state index in [2.05, 4.69) is 10.5 Å². The zero-order valence-corrected chi connectivity index (χ0v) is 13.5. The van der Waals surface area contributed by atoms with Crippen molar-refractivity contribution in [3.63, 3.8) is 0 Å². The van der Waals surface area contributed by atoms with Crippen LogP contribution in [0.4, 0.5) is 0 Å². The standard InChI is InChI=1S/C18H20N2O3/c1-4-23-15-11-9-14(10-12-15)13(2)19-20-18(21)16-7-5-6-8-17(16)22-3/h5-12H,4H2,1-3H3,(H,20,21)/b19-13+. The Morgan fingerprint density at radius 3 is 2.48 bits per heavy atom. The largest absolute Gasteiger partial charge is 0.496 e. The lowest BCUT2D eigenvalue weighted by Gasteiger charge is -2.07. The van der Waals surface area contributed by atoms with Gasteiger partial charge in [-0.2, -0.15) is 5.10 Å². The van der Waals surface area contributed by atoms with E-state index in [1.807, 2.05) is 44.2 Å². The number of amides is 1. The fraction of sp³-hybridized carbons (Fsp3) is 0.222. The van der Waals surface area contributed by atoms with Crippen molar-refractivity contribution < 1.29 is 14.3 Å². The molecule has 0 radical (unpaired) electrons. The Labute approximate surface area is 135 Å². The van der Waals surface area contributed by atoms with Gasteiger partial charge >= 0.3 is 0 Å². The van der Waals surface area contributed by atoms with Crippen molar-refractivity contribution in [3.8, 4) is 11.5 Å². The van der Waals surface area contributed by atoms with Crippen LogP contribution in [-0.4, -0.2) is 25.3 Å². The second-order valence-corrected chi connectivity index (χ2v) is 4.80. The predicted octanol–water partition coefficient (Wildman–Crippen LogP) is 3.25. The average molecular weight is 312 g/mol. The van der Waals surface area contributed by atoms with Crippen molar-refractivity contribution in [2.45, 2.75) is 13.8 Å². The van der Waals surface area contributed by atoms with E-state index in [4.69, 9.17) is 9.47 Å². The Morgan fingerprint density at radius 2 is 1.83 bits per heavy atom. The van der Waals surface area contributed by atoms with Gasteiger partial charge in [0, 0.05) is 0 Å². The van der Waals surface area contributed by atoms with Gasteiger partial charge in [-0.05, 0) is 55.8 Å². The lowest BCUT2D eigenvalue weighted by molar-refractivity contribution is 0.0952. The first-order valence-corrected chi connectivity index (χ1v) is 7.36. The van der Waals surface area contributed by atoms with Crippen molar-refractivity contribution in [2.75, 3.05) is 13.7 Å². The maximum Gasteiger partial charge on any atom is 0.275 e. The number of ether oxygens (including phenoxy) is 2. The molecule has 0 aliphatic carbocycles. The minimum atomic E-state index is -0.312. The van der Waals surface area contributed by atoms with Gasteiger partial charge in [-0.15, -0.1) is 0 Å². The van der Waals surface area contributed by atoms with Gasteiger partial charge in [-0.1, -0.05) is 12.1 Å². The van der Waals surface area contributed by atoms with E-state index in [1.165, 1.54) is 7.11 Å². The van der Waals surface area contributed by atoms with Crippen LogP contribution in [0.3, 0.4) is 0 Å². The molecular weight excluding hydrogens is 292 g/mol. The highest BCUT2D eigenvalue weighted by Gasteiger charge is 2.10. The van der Waals surface area contributed by atoms with E-state index < -0.39 is 0 Å². The van der Waals surface area contributed by atoms with Crippen LogP contribution in [0.25, 0.3) is 0 Å². The number of hydrogen-bond acceptors (Lipinski definition) is 4. The summed E-state index contributed by atoms with van der Waals surface area (Å²) in [5.74, 6) is 1.01. The summed E-state index contributed by atoms with van der Waals surface area (Å²) < 4.78 is 10.6. The molecular formula is C18H20N2O3. The van der Waals surface area contributed by atoms with E-state index in [-0.39, 0.29) is 5.91 Å². The Balaban J connectivity index is 2.08. The molecule has 0 saturated heterocycles. The monoisotopic (exact) mass is 312 g/mol. The smallest absolute Gasteiger partial charge is 0.275 e. The Bertz CT molecular complexity index is 694. The van der Waals surface area contributed by atoms with Crippen LogP contribution >= 0.6 is 0 Å². The molecule has 0 saturated carbocycles. The van der Waals surface area contributed by atoms with Gasteiger partial charge in [0.2, 0.25) is 0 Å². The van der Waals surface area contributed by atoms with E-state index in [1.54, 1.807) is 18.2 Å². The summed E-state index contributed by atoms with van der Waals surface area (Å²) in [6.07, 6.45) is 0. The molecule has 0 aromatic heterocycles. The fourth-order valence-corrected chi connectivity index (χ4v) is 2.05. The molecule has 1 amide bonds. The number of methoxy groups -OCH3 is 1. The van der Waals surface area contributed by atoms with Gasteiger partial charge in [0.05, 0.1) is 25.0 Å². The van der Waals surface area contributed by atoms with Crippen molar-refractivity contribution >= 4 is 11.6 Å². The highest BCUT2D eigenvalue weighted by molar-refractivity contribution is 6.01. The topological polar surface area (TPSA) is 59.9 Å². The van der Waals surface area contributed by atoms with Gasteiger partial charge in [-0.25, -0.2) is 5.43 Å². The van der Waals surface area contributed by atoms with Gasteiger partial charge in [-0.3, -0.25) is 4.79 Å². The maximum absolute atomic E-state index is 12.2. The highest BCUT2D eigenvalue weighted by atomic mass is 16.5. The molecule has 2 aromatic rings. The molecule has 0 fully saturated rings. The molecule has 0 aliphatic rings. The number of hydrazone groups is 1. The molecule has 0 heterocycles. The molecule has 5 nitrogen and oxygen atoms in total. The van der Waals surface area contributed by atoms with Crippen molar-refractivity contribution in [1.82, 2.24) is 5.43 Å². The first-order valence-electron chi connectivity index (χ1n) is 7.36. The van der Waals surface area contributed by atoms with E-state index in [0.717, 1.165) is 11.3 Å². The number of carbonyl (C=O) groups is 1. The quantitative estimate of drug-likeness (QED) is 0.658. The van der Waals surface area contributed by atoms with Crippen molar-refractivity contribution in [3.05, 3.63) is 59.7 Å². The van der Waals surface area contributed by atoms with Crippen LogP contribution in [0.1, 0.15) is 29.8 Å². The van der Waals surface area contributed by atoms with Crippen molar-refractivity contribution in [2.24, 2.45) is 5.10 Å². The SMILES string of the molecule is CCOc1ccc(/C(C)=N/NC(=O)c2ccccc2OC)cc1. The number of hydrogen-bond donors (Lipinski definition) is 1. The summed E-state index contributed by atoms with van der Waals surface area (Å²) >= 11 is 0. The summed E-state index contributed by atoms with van der Waals surface area (Å²) in [5, 5.41) is 4.14. The Hall–Kier alpha value is -2.82. The fourth-order valence-electron chi connectivity index (χ4n) is 2.05. The molecule has 1 N–H and O–H groups in total. The third-order valence-electron chi connectivity index (χ3n) is 3.26. The normalized spacial score (nSPS) is 11.0. The lowest BCUT2D eigenvalue weighted by atomic mass is 10.1. The van der Waals surface area contributed by atoms with Crippen LogP contribution in [-0.2, 0) is 0 Å². The van der Waals surface area contributed by atoms with E-state index >= 15 is 0 Å². The third kappa shape index (κ3) is 4.32. The first kappa shape index (κ1) is 16.5.